The third-order valence-electron chi connectivity index (χ3n) is 11.2. The maximum Gasteiger partial charge on any atom is 0.261 e. The van der Waals surface area contributed by atoms with Crippen LogP contribution >= 0.6 is 0 Å². The van der Waals surface area contributed by atoms with Crippen LogP contribution in [0, 0.1) is 0 Å². The van der Waals surface area contributed by atoms with Crippen LogP contribution in [0.5, 0.6) is 0 Å². The van der Waals surface area contributed by atoms with Gasteiger partial charge in [-0.1, -0.05) is 200 Å². The highest BCUT2D eigenvalue weighted by Gasteiger charge is 2.13. The van der Waals surface area contributed by atoms with Crippen LogP contribution in [-0.2, 0) is 20.2 Å². The summed E-state index contributed by atoms with van der Waals surface area (Å²) in [5, 5.41) is 0. The Kier molecular flexibility index (Phi) is 45.7. The molecule has 2 aliphatic heterocycles. The Morgan fingerprint density at radius 1 is 0.446 bits per heavy atom. The standard InChI is InChI=1S/2C22H45N.2CH4O3S/c2*1-2-3-4-5-6-7-8-9-10-11-12-13-14-15-16-17-20-23-21-18-19-22-23;2*1-5(2,3)4/h2*2-22H2,1H3;2*1H3,(H,2,3,4). The molecule has 0 aromatic carbocycles. The smallest absolute Gasteiger partial charge is 0.261 e. The molecular formula is C46H98N2O6S2. The molecule has 0 aromatic rings. The van der Waals surface area contributed by atoms with Gasteiger partial charge in [-0.25, -0.2) is 8.42 Å². The lowest BCUT2D eigenvalue weighted by Gasteiger charge is -2.13. The van der Waals surface area contributed by atoms with E-state index in [1.54, 1.807) is 0 Å². The van der Waals surface area contributed by atoms with Crippen molar-refractivity contribution < 1.29 is 30.8 Å². The van der Waals surface area contributed by atoms with Gasteiger partial charge in [0, 0.05) is 19.1 Å². The minimum absolute atomic E-state index is 0.604. The first-order chi connectivity index (χ1) is 26.9. The monoisotopic (exact) mass is 839 g/mol. The molecule has 2 saturated heterocycles. The molecule has 0 aromatic heterocycles. The minimum atomic E-state index is -3.92. The SMILES string of the molecule is CCCCCCCCCCCCCCCCCCN1CCCC1.CCCCCCCCCCCCCCCCCC[NH+]1CCCC1.CS(=O)(=O)O.CS(=O)(=O)[O-]. The average Bonchev–Trinajstić information content (AvgIpc) is 3.85. The summed E-state index contributed by atoms with van der Waals surface area (Å²) in [6.45, 7) is 13.1. The van der Waals surface area contributed by atoms with Crippen LogP contribution in [0.25, 0.3) is 0 Å². The van der Waals surface area contributed by atoms with Crippen molar-refractivity contribution in [1.29, 1.82) is 0 Å². The molecule has 0 amide bonds. The number of hydrogen-bond acceptors (Lipinski definition) is 6. The van der Waals surface area contributed by atoms with Crippen molar-refractivity contribution in [3.8, 4) is 0 Å². The molecule has 0 unspecified atom stereocenters. The first-order valence-corrected chi connectivity index (χ1v) is 27.9. The number of likely N-dealkylation sites (tertiary alicyclic amines) is 2. The molecule has 0 saturated carbocycles. The van der Waals surface area contributed by atoms with Crippen molar-refractivity contribution in [1.82, 2.24) is 4.90 Å². The third kappa shape index (κ3) is 60.4. The lowest BCUT2D eigenvalue weighted by Crippen LogP contribution is -3.09. The quantitative estimate of drug-likeness (QED) is 0.0489. The number of quaternary nitrogens is 1. The van der Waals surface area contributed by atoms with E-state index in [-0.39, 0.29) is 0 Å². The topological polar surface area (TPSA) is 119 Å². The second kappa shape index (κ2) is 44.3. The molecule has 10 heteroatoms. The summed E-state index contributed by atoms with van der Waals surface area (Å²) in [4.78, 5) is 4.54. The second-order valence-electron chi connectivity index (χ2n) is 17.3. The van der Waals surface area contributed by atoms with E-state index in [1.165, 1.54) is 270 Å². The summed E-state index contributed by atoms with van der Waals surface area (Å²) < 4.78 is 53.1. The zero-order valence-electron chi connectivity index (χ0n) is 38.0. The molecule has 340 valence electrons. The number of unbranched alkanes of at least 4 members (excludes halogenated alkanes) is 30. The van der Waals surface area contributed by atoms with Crippen LogP contribution in [0.15, 0.2) is 0 Å². The Hall–Kier alpha value is -0.260. The summed E-state index contributed by atoms with van der Waals surface area (Å²) >= 11 is 0. The molecule has 0 atom stereocenters. The lowest BCUT2D eigenvalue weighted by atomic mass is 10.0. The Morgan fingerprint density at radius 3 is 0.946 bits per heavy atom. The number of hydrogen-bond donors (Lipinski definition) is 2. The Morgan fingerprint density at radius 2 is 0.679 bits per heavy atom. The number of nitrogens with one attached hydrogen (secondary N) is 1. The molecule has 0 aliphatic carbocycles. The third-order valence-corrected chi connectivity index (χ3v) is 11.2. The van der Waals surface area contributed by atoms with E-state index in [0.717, 1.165) is 0 Å². The van der Waals surface area contributed by atoms with Gasteiger partial charge in [-0.15, -0.1) is 0 Å². The minimum Gasteiger partial charge on any atom is -0.748 e. The van der Waals surface area contributed by atoms with Gasteiger partial charge >= 0.3 is 0 Å². The summed E-state index contributed by atoms with van der Waals surface area (Å²) in [6, 6.07) is 0. The Balaban J connectivity index is 0. The highest BCUT2D eigenvalue weighted by molar-refractivity contribution is 7.85. The molecule has 56 heavy (non-hydrogen) atoms. The van der Waals surface area contributed by atoms with Crippen molar-refractivity contribution in [2.75, 3.05) is 51.8 Å². The summed E-state index contributed by atoms with van der Waals surface area (Å²) in [7, 11) is -7.58. The van der Waals surface area contributed by atoms with E-state index in [0.29, 0.717) is 12.5 Å². The van der Waals surface area contributed by atoms with E-state index in [2.05, 4.69) is 18.7 Å². The maximum absolute atomic E-state index is 9.19. The first-order valence-electron chi connectivity index (χ1n) is 24.3. The highest BCUT2D eigenvalue weighted by Crippen LogP contribution is 2.16. The Bertz CT molecular complexity index is 874. The van der Waals surface area contributed by atoms with Gasteiger partial charge < -0.3 is 14.4 Å². The molecule has 0 spiro atoms. The van der Waals surface area contributed by atoms with E-state index >= 15 is 0 Å². The fourth-order valence-electron chi connectivity index (χ4n) is 7.94. The van der Waals surface area contributed by atoms with E-state index in [9.17, 15) is 8.42 Å². The van der Waals surface area contributed by atoms with Gasteiger partial charge in [0.15, 0.2) is 0 Å². The zero-order valence-corrected chi connectivity index (χ0v) is 39.6. The average molecular weight is 839 g/mol. The molecule has 0 bridgehead atoms. The fraction of sp³-hybridized carbons (Fsp3) is 1.00. The van der Waals surface area contributed by atoms with Gasteiger partial charge in [-0.2, -0.15) is 8.42 Å². The molecule has 2 heterocycles. The van der Waals surface area contributed by atoms with Crippen molar-refractivity contribution in [2.45, 2.75) is 245 Å². The van der Waals surface area contributed by atoms with Crippen LogP contribution < -0.4 is 4.90 Å². The number of rotatable bonds is 34. The van der Waals surface area contributed by atoms with Crippen LogP contribution in [0.4, 0.5) is 0 Å². The molecule has 0 radical (unpaired) electrons. The Labute approximate surface area is 351 Å². The molecule has 8 nitrogen and oxygen atoms in total. The number of nitrogens with zero attached hydrogens (tertiary/aromatic N) is 1. The lowest BCUT2D eigenvalue weighted by molar-refractivity contribution is -0.887. The highest BCUT2D eigenvalue weighted by atomic mass is 32.2. The predicted molar refractivity (Wildman–Crippen MR) is 243 cm³/mol. The van der Waals surface area contributed by atoms with Crippen LogP contribution in [-0.4, -0.2) is 82.6 Å². The van der Waals surface area contributed by atoms with Gasteiger partial charge in [0.05, 0.1) is 36.0 Å². The fourth-order valence-corrected chi connectivity index (χ4v) is 7.94. The molecule has 2 fully saturated rings. The van der Waals surface area contributed by atoms with Crippen molar-refractivity contribution >= 4 is 20.2 Å². The van der Waals surface area contributed by atoms with Gasteiger partial charge in [0.25, 0.3) is 10.1 Å². The van der Waals surface area contributed by atoms with Gasteiger partial charge in [-0.05, 0) is 51.7 Å². The van der Waals surface area contributed by atoms with Crippen LogP contribution in [0.1, 0.15) is 245 Å². The van der Waals surface area contributed by atoms with E-state index < -0.39 is 20.2 Å². The molecular weight excluding hydrogens is 741 g/mol. The van der Waals surface area contributed by atoms with Crippen molar-refractivity contribution in [3.05, 3.63) is 0 Å². The van der Waals surface area contributed by atoms with E-state index in [4.69, 9.17) is 17.5 Å². The molecule has 2 aliphatic rings. The van der Waals surface area contributed by atoms with Gasteiger partial charge in [-0.3, -0.25) is 4.55 Å². The predicted octanol–water partition coefficient (Wildman–Crippen LogP) is 11.9. The second-order valence-corrected chi connectivity index (χ2v) is 20.2. The van der Waals surface area contributed by atoms with Gasteiger partial charge in [0.2, 0.25) is 0 Å². The summed E-state index contributed by atoms with van der Waals surface area (Å²) in [6.07, 6.45) is 54.4. The summed E-state index contributed by atoms with van der Waals surface area (Å²) in [5.41, 5.74) is 0. The maximum atomic E-state index is 9.19. The first kappa shape index (κ1) is 57.8. The van der Waals surface area contributed by atoms with Crippen LogP contribution in [0.2, 0.25) is 0 Å². The van der Waals surface area contributed by atoms with Crippen molar-refractivity contribution in [2.24, 2.45) is 0 Å². The largest absolute Gasteiger partial charge is 0.748 e. The summed E-state index contributed by atoms with van der Waals surface area (Å²) in [5.74, 6) is 0. The van der Waals surface area contributed by atoms with Crippen LogP contribution in [0.3, 0.4) is 0 Å². The van der Waals surface area contributed by atoms with E-state index in [1.807, 2.05) is 4.90 Å². The molecule has 2 N–H and O–H groups in total. The van der Waals surface area contributed by atoms with Crippen molar-refractivity contribution in [3.63, 3.8) is 0 Å². The normalized spacial score (nSPS) is 14.8. The zero-order chi connectivity index (χ0) is 41.9. The van der Waals surface area contributed by atoms with Gasteiger partial charge in [0.1, 0.15) is 0 Å². The molecule has 2 rings (SSSR count).